The molecule has 0 bridgehead atoms. The second-order valence-electron chi connectivity index (χ2n) is 7.22. The molecule has 140 valence electrons. The number of hydrogen-bond acceptors (Lipinski definition) is 8. The van der Waals surface area contributed by atoms with Crippen molar-refractivity contribution < 1.29 is 19.4 Å². The number of rotatable bonds is 6. The number of nitrogens with zero attached hydrogens (tertiary/aromatic N) is 2. The van der Waals surface area contributed by atoms with Gasteiger partial charge < -0.3 is 15.2 Å². The number of fused-ring (bicyclic) bond motifs is 1. The molecule has 9 heteroatoms. The first-order chi connectivity index (χ1) is 12.0. The van der Waals surface area contributed by atoms with E-state index in [0.29, 0.717) is 17.8 Å². The Morgan fingerprint density at radius 3 is 2.92 bits per heavy atom. The van der Waals surface area contributed by atoms with Crippen LogP contribution in [-0.2, 0) is 14.3 Å². The van der Waals surface area contributed by atoms with Crippen molar-refractivity contribution in [3.63, 3.8) is 0 Å². The quantitative estimate of drug-likeness (QED) is 0.508. The van der Waals surface area contributed by atoms with Crippen LogP contribution in [0.5, 0.6) is 0 Å². The van der Waals surface area contributed by atoms with Gasteiger partial charge in [-0.2, -0.15) is 0 Å². The van der Waals surface area contributed by atoms with Crippen LogP contribution in [-0.4, -0.2) is 47.2 Å². The topological polar surface area (TPSA) is 115 Å². The minimum absolute atomic E-state index is 0.127. The van der Waals surface area contributed by atoms with Crippen LogP contribution in [0.2, 0.25) is 0 Å². The summed E-state index contributed by atoms with van der Waals surface area (Å²) >= 11 is 0. The molecule has 0 spiro atoms. The van der Waals surface area contributed by atoms with Crippen molar-refractivity contribution in [1.82, 2.24) is 21.4 Å². The van der Waals surface area contributed by atoms with Crippen molar-refractivity contribution in [2.24, 2.45) is 22.9 Å². The van der Waals surface area contributed by atoms with Gasteiger partial charge in [-0.25, -0.2) is 10.5 Å². The molecule has 0 aromatic heterocycles. The van der Waals surface area contributed by atoms with Gasteiger partial charge in [0.15, 0.2) is 6.73 Å². The van der Waals surface area contributed by atoms with Crippen LogP contribution in [0.25, 0.3) is 0 Å². The van der Waals surface area contributed by atoms with Gasteiger partial charge in [-0.1, -0.05) is 6.42 Å². The van der Waals surface area contributed by atoms with Crippen LogP contribution in [0, 0.1) is 17.8 Å². The van der Waals surface area contributed by atoms with E-state index in [1.165, 1.54) is 13.3 Å². The Balaban J connectivity index is 1.46. The maximum absolute atomic E-state index is 11.2. The number of hydrazone groups is 1. The fraction of sp³-hybridized carbons (Fsp3) is 0.812. The van der Waals surface area contributed by atoms with Crippen molar-refractivity contribution in [3.05, 3.63) is 0 Å². The maximum Gasteiger partial charge on any atom is 0.320 e. The van der Waals surface area contributed by atoms with Gasteiger partial charge in [-0.3, -0.25) is 9.59 Å². The van der Waals surface area contributed by atoms with E-state index >= 15 is 0 Å². The van der Waals surface area contributed by atoms with Crippen molar-refractivity contribution >= 4 is 17.8 Å². The number of hydrazine groups is 2. The van der Waals surface area contributed by atoms with E-state index in [2.05, 4.69) is 21.5 Å². The normalized spacial score (nSPS) is 31.7. The van der Waals surface area contributed by atoms with Gasteiger partial charge in [0.25, 0.3) is 0 Å². The minimum Gasteiger partial charge on any atom is -0.480 e. The molecule has 3 rings (SSSR count). The molecule has 0 aromatic rings. The van der Waals surface area contributed by atoms with E-state index in [-0.39, 0.29) is 12.7 Å². The molecule has 3 aliphatic rings. The number of nitrogens with one attached hydrogen (secondary N) is 3. The lowest BCUT2D eigenvalue weighted by atomic mass is 9.69. The Morgan fingerprint density at radius 2 is 2.16 bits per heavy atom. The molecule has 1 saturated carbocycles. The van der Waals surface area contributed by atoms with Gasteiger partial charge in [0.05, 0.1) is 0 Å². The molecule has 9 nitrogen and oxygen atoms in total. The van der Waals surface area contributed by atoms with Crippen molar-refractivity contribution in [1.29, 1.82) is 0 Å². The molecule has 0 aromatic carbocycles. The number of carbonyl (C=O) groups is 2. The predicted molar refractivity (Wildman–Crippen MR) is 89.8 cm³/mol. The maximum atomic E-state index is 11.2. The number of carbonyl (C=O) groups excluding carboxylic acids is 1. The Morgan fingerprint density at radius 1 is 1.32 bits per heavy atom. The Kier molecular flexibility index (Phi) is 5.74. The smallest absolute Gasteiger partial charge is 0.320 e. The van der Waals surface area contributed by atoms with Crippen LogP contribution < -0.4 is 16.4 Å². The largest absolute Gasteiger partial charge is 0.480 e. The molecule has 2 heterocycles. The summed E-state index contributed by atoms with van der Waals surface area (Å²) in [7, 11) is 0. The average molecular weight is 353 g/mol. The van der Waals surface area contributed by atoms with Crippen molar-refractivity contribution in [2.75, 3.05) is 13.3 Å². The standard InChI is InChI=1S/C16H27N5O4/c1-10(22)25-9-21-15(18-19-20-21)5-3-11-2-4-12-8-17-14(16(23)24)7-13(12)6-11/h11-14,17,19-20H,2-9H2,1H3,(H,23,24)/t11-,12+,13-,14+/m1/s1. The lowest BCUT2D eigenvalue weighted by Crippen LogP contribution is -2.49. The second kappa shape index (κ2) is 8.01. The predicted octanol–water partition coefficient (Wildman–Crippen LogP) is 0.405. The third-order valence-electron chi connectivity index (χ3n) is 5.57. The molecule has 1 aliphatic carbocycles. The number of esters is 1. The van der Waals surface area contributed by atoms with E-state index in [4.69, 9.17) is 4.74 Å². The Labute approximate surface area is 147 Å². The fourth-order valence-corrected chi connectivity index (χ4v) is 4.17. The molecule has 0 radical (unpaired) electrons. The van der Waals surface area contributed by atoms with E-state index < -0.39 is 12.0 Å². The highest BCUT2D eigenvalue weighted by Gasteiger charge is 2.37. The van der Waals surface area contributed by atoms with E-state index in [1.807, 2.05) is 0 Å². The number of hydrogen-bond donors (Lipinski definition) is 4. The summed E-state index contributed by atoms with van der Waals surface area (Å²) in [6.07, 6.45) is 5.97. The second-order valence-corrected chi connectivity index (χ2v) is 7.22. The van der Waals surface area contributed by atoms with Gasteiger partial charge in [0, 0.05) is 13.3 Å². The summed E-state index contributed by atoms with van der Waals surface area (Å²) in [6, 6.07) is -0.396. The number of carboxylic acids is 1. The lowest BCUT2D eigenvalue weighted by molar-refractivity contribution is -0.145. The highest BCUT2D eigenvalue weighted by atomic mass is 16.5. The first-order valence-corrected chi connectivity index (χ1v) is 8.97. The van der Waals surface area contributed by atoms with Crippen LogP contribution in [0.1, 0.15) is 45.4 Å². The van der Waals surface area contributed by atoms with E-state index in [9.17, 15) is 14.7 Å². The Bertz CT molecular complexity index is 541. The molecule has 0 amide bonds. The molecule has 4 N–H and O–H groups in total. The SMILES string of the molecule is CC(=O)OCN1NNN=C1CC[C@H]1CC[C@H]2CN[C@H](C(=O)O)C[C@H]2C1. The third kappa shape index (κ3) is 4.60. The highest BCUT2D eigenvalue weighted by molar-refractivity contribution is 5.82. The van der Waals surface area contributed by atoms with Crippen molar-refractivity contribution in [3.8, 4) is 0 Å². The molecule has 2 aliphatic heterocycles. The Hall–Kier alpha value is -1.87. The van der Waals surface area contributed by atoms with Gasteiger partial charge in [0.2, 0.25) is 0 Å². The van der Waals surface area contributed by atoms with Gasteiger partial charge in [-0.15, -0.1) is 10.6 Å². The number of aliphatic carboxylic acids is 1. The first kappa shape index (κ1) is 17.9. The van der Waals surface area contributed by atoms with Crippen LogP contribution in [0.15, 0.2) is 5.10 Å². The summed E-state index contributed by atoms with van der Waals surface area (Å²) in [5, 5.41) is 18.3. The minimum atomic E-state index is -0.737. The van der Waals surface area contributed by atoms with Gasteiger partial charge in [-0.05, 0) is 50.0 Å². The number of piperidine rings is 1. The van der Waals surface area contributed by atoms with Crippen LogP contribution >= 0.6 is 0 Å². The third-order valence-corrected chi connectivity index (χ3v) is 5.57. The zero-order chi connectivity index (χ0) is 17.8. The number of amidine groups is 1. The molecule has 0 unspecified atom stereocenters. The highest BCUT2D eigenvalue weighted by Crippen LogP contribution is 2.40. The summed E-state index contributed by atoms with van der Waals surface area (Å²) in [5.41, 5.74) is 5.54. The van der Waals surface area contributed by atoms with Crippen LogP contribution in [0.4, 0.5) is 0 Å². The molecule has 25 heavy (non-hydrogen) atoms. The summed E-state index contributed by atoms with van der Waals surface area (Å²) in [4.78, 5) is 22.2. The number of ether oxygens (including phenoxy) is 1. The van der Waals surface area contributed by atoms with Crippen molar-refractivity contribution in [2.45, 2.75) is 51.5 Å². The monoisotopic (exact) mass is 353 g/mol. The first-order valence-electron chi connectivity index (χ1n) is 8.97. The molecule has 2 fully saturated rings. The molecule has 4 atom stereocenters. The van der Waals surface area contributed by atoms with Gasteiger partial charge >= 0.3 is 11.9 Å². The van der Waals surface area contributed by atoms with E-state index in [1.54, 1.807) is 5.01 Å². The summed E-state index contributed by atoms with van der Waals surface area (Å²) in [6.45, 7) is 2.33. The van der Waals surface area contributed by atoms with Crippen LogP contribution in [0.3, 0.4) is 0 Å². The van der Waals surface area contributed by atoms with E-state index in [0.717, 1.165) is 44.5 Å². The lowest BCUT2D eigenvalue weighted by Gasteiger charge is -2.41. The summed E-state index contributed by atoms with van der Waals surface area (Å²) in [5.74, 6) is 1.47. The average Bonchev–Trinajstić information content (AvgIpc) is 3.04. The zero-order valence-corrected chi connectivity index (χ0v) is 14.5. The molecular formula is C16H27N5O4. The zero-order valence-electron chi connectivity index (χ0n) is 14.5. The molecule has 1 saturated heterocycles. The van der Waals surface area contributed by atoms with Gasteiger partial charge in [0.1, 0.15) is 11.9 Å². The summed E-state index contributed by atoms with van der Waals surface area (Å²) < 4.78 is 4.99. The molecular weight excluding hydrogens is 326 g/mol. The number of carboxylic acid groups (broad SMARTS) is 1. The fourth-order valence-electron chi connectivity index (χ4n) is 4.17.